The summed E-state index contributed by atoms with van der Waals surface area (Å²) in [5.41, 5.74) is 0.165. The molecule has 2 fully saturated rings. The zero-order valence-corrected chi connectivity index (χ0v) is 8.64. The first kappa shape index (κ1) is 9.93. The number of carbonyl (C=O) groups is 1. The summed E-state index contributed by atoms with van der Waals surface area (Å²) >= 11 is 0. The fourth-order valence-electron chi connectivity index (χ4n) is 2.65. The second-order valence-corrected chi connectivity index (χ2v) is 4.27. The highest BCUT2D eigenvalue weighted by molar-refractivity contribution is 5.80. The molecule has 4 nitrogen and oxygen atoms in total. The predicted octanol–water partition coefficient (Wildman–Crippen LogP) is -0.251. The Morgan fingerprint density at radius 3 is 2.86 bits per heavy atom. The smallest absolute Gasteiger partial charge is 0.224 e. The second kappa shape index (κ2) is 3.87. The van der Waals surface area contributed by atoms with Crippen LogP contribution in [0.1, 0.15) is 12.8 Å². The van der Waals surface area contributed by atoms with Crippen LogP contribution in [-0.2, 0) is 9.53 Å². The predicted molar refractivity (Wildman–Crippen MR) is 52.9 cm³/mol. The number of nitrogens with one attached hydrogen (secondary N) is 2. The number of carbonyl (C=O) groups excluding carboxylic acids is 1. The minimum absolute atomic E-state index is 0.136. The summed E-state index contributed by atoms with van der Waals surface area (Å²) in [6, 6.07) is 0. The van der Waals surface area contributed by atoms with E-state index in [1.807, 2.05) is 0 Å². The lowest BCUT2D eigenvalue weighted by Crippen LogP contribution is -2.43. The molecule has 0 bridgehead atoms. The molecule has 4 heteroatoms. The summed E-state index contributed by atoms with van der Waals surface area (Å²) in [4.78, 5) is 11.7. The molecular weight excluding hydrogens is 180 g/mol. The van der Waals surface area contributed by atoms with Gasteiger partial charge in [-0.25, -0.2) is 0 Å². The van der Waals surface area contributed by atoms with Crippen molar-refractivity contribution < 1.29 is 9.53 Å². The van der Waals surface area contributed by atoms with Gasteiger partial charge in [-0.3, -0.25) is 4.79 Å². The normalized spacial score (nSPS) is 30.5. The van der Waals surface area contributed by atoms with Crippen LogP contribution in [0.5, 0.6) is 0 Å². The van der Waals surface area contributed by atoms with Crippen molar-refractivity contribution in [2.24, 2.45) is 11.3 Å². The van der Waals surface area contributed by atoms with Crippen LogP contribution in [0.4, 0.5) is 0 Å². The van der Waals surface area contributed by atoms with Crippen LogP contribution >= 0.6 is 0 Å². The van der Waals surface area contributed by atoms with E-state index in [0.717, 1.165) is 39.1 Å². The molecule has 0 radical (unpaired) electrons. The van der Waals surface area contributed by atoms with Gasteiger partial charge in [-0.1, -0.05) is 0 Å². The van der Waals surface area contributed by atoms with Crippen molar-refractivity contribution in [2.75, 3.05) is 33.4 Å². The Labute approximate surface area is 84.4 Å². The van der Waals surface area contributed by atoms with Crippen molar-refractivity contribution in [2.45, 2.75) is 12.8 Å². The van der Waals surface area contributed by atoms with Gasteiger partial charge in [0, 0.05) is 33.4 Å². The molecule has 14 heavy (non-hydrogen) atoms. The van der Waals surface area contributed by atoms with Gasteiger partial charge in [0.05, 0.1) is 5.92 Å². The van der Waals surface area contributed by atoms with Crippen LogP contribution in [0.15, 0.2) is 0 Å². The lowest BCUT2D eigenvalue weighted by Gasteiger charge is -2.36. The first-order valence-corrected chi connectivity index (χ1v) is 5.28. The number of hydrogen-bond donors (Lipinski definition) is 2. The molecule has 1 amide bonds. The molecule has 1 atom stereocenters. The highest BCUT2D eigenvalue weighted by Crippen LogP contribution is 2.40. The third kappa shape index (κ3) is 1.53. The monoisotopic (exact) mass is 198 g/mol. The molecule has 0 saturated carbocycles. The number of amides is 1. The molecule has 1 spiro atoms. The van der Waals surface area contributed by atoms with Crippen molar-refractivity contribution in [3.8, 4) is 0 Å². The van der Waals surface area contributed by atoms with Gasteiger partial charge in [0.2, 0.25) is 5.91 Å². The van der Waals surface area contributed by atoms with Gasteiger partial charge in [-0.2, -0.15) is 0 Å². The molecule has 2 aliphatic heterocycles. The average molecular weight is 198 g/mol. The zero-order chi connectivity index (χ0) is 10.0. The molecule has 2 heterocycles. The van der Waals surface area contributed by atoms with Crippen LogP contribution in [0.25, 0.3) is 0 Å². The Kier molecular flexibility index (Phi) is 2.74. The first-order chi connectivity index (χ1) is 6.78. The summed E-state index contributed by atoms with van der Waals surface area (Å²) in [6.45, 7) is 3.39. The van der Waals surface area contributed by atoms with E-state index in [2.05, 4.69) is 10.6 Å². The molecule has 0 aliphatic carbocycles. The molecule has 0 aromatic carbocycles. The number of ether oxygens (including phenoxy) is 1. The molecule has 80 valence electrons. The van der Waals surface area contributed by atoms with E-state index >= 15 is 0 Å². The SMILES string of the molecule is CNC(=O)C1CNCC12CCOCC2. The van der Waals surface area contributed by atoms with Crippen LogP contribution in [0.3, 0.4) is 0 Å². The van der Waals surface area contributed by atoms with Crippen LogP contribution < -0.4 is 10.6 Å². The zero-order valence-electron chi connectivity index (χ0n) is 8.64. The molecule has 1 unspecified atom stereocenters. The third-order valence-corrected chi connectivity index (χ3v) is 3.62. The van der Waals surface area contributed by atoms with E-state index in [0.29, 0.717) is 0 Å². The highest BCUT2D eigenvalue weighted by atomic mass is 16.5. The largest absolute Gasteiger partial charge is 0.381 e. The van der Waals surface area contributed by atoms with E-state index in [-0.39, 0.29) is 17.2 Å². The van der Waals surface area contributed by atoms with Crippen molar-refractivity contribution in [3.63, 3.8) is 0 Å². The number of hydrogen-bond acceptors (Lipinski definition) is 3. The first-order valence-electron chi connectivity index (χ1n) is 5.28. The highest BCUT2D eigenvalue weighted by Gasteiger charge is 2.46. The van der Waals surface area contributed by atoms with Crippen molar-refractivity contribution in [1.82, 2.24) is 10.6 Å². The van der Waals surface area contributed by atoms with E-state index in [4.69, 9.17) is 4.74 Å². The van der Waals surface area contributed by atoms with E-state index in [1.54, 1.807) is 7.05 Å². The lowest BCUT2D eigenvalue weighted by atomic mass is 9.72. The van der Waals surface area contributed by atoms with Gasteiger partial charge in [0.25, 0.3) is 0 Å². The molecule has 0 aromatic heterocycles. The Hall–Kier alpha value is -0.610. The maximum absolute atomic E-state index is 11.7. The maximum atomic E-state index is 11.7. The molecular formula is C10H18N2O2. The van der Waals surface area contributed by atoms with Crippen molar-refractivity contribution in [3.05, 3.63) is 0 Å². The van der Waals surface area contributed by atoms with Crippen LogP contribution in [-0.4, -0.2) is 39.3 Å². The standard InChI is InChI=1S/C10H18N2O2/c1-11-9(13)8-6-12-7-10(8)2-4-14-5-3-10/h8,12H,2-7H2,1H3,(H,11,13). The van der Waals surface area contributed by atoms with Crippen LogP contribution in [0.2, 0.25) is 0 Å². The Morgan fingerprint density at radius 2 is 2.21 bits per heavy atom. The van der Waals surface area contributed by atoms with E-state index in [9.17, 15) is 4.79 Å². The van der Waals surface area contributed by atoms with Gasteiger partial charge < -0.3 is 15.4 Å². The molecule has 2 rings (SSSR count). The summed E-state index contributed by atoms with van der Waals surface area (Å²) in [5.74, 6) is 0.313. The fraction of sp³-hybridized carbons (Fsp3) is 0.900. The summed E-state index contributed by atoms with van der Waals surface area (Å²) in [6.07, 6.45) is 2.02. The maximum Gasteiger partial charge on any atom is 0.224 e. The van der Waals surface area contributed by atoms with Gasteiger partial charge in [-0.15, -0.1) is 0 Å². The van der Waals surface area contributed by atoms with Gasteiger partial charge in [0.1, 0.15) is 0 Å². The minimum Gasteiger partial charge on any atom is -0.381 e. The molecule has 0 aromatic rings. The van der Waals surface area contributed by atoms with Gasteiger partial charge in [0.15, 0.2) is 0 Å². The minimum atomic E-state index is 0.136. The molecule has 2 N–H and O–H groups in total. The van der Waals surface area contributed by atoms with Gasteiger partial charge >= 0.3 is 0 Å². The van der Waals surface area contributed by atoms with Gasteiger partial charge in [-0.05, 0) is 18.3 Å². The van der Waals surface area contributed by atoms with Crippen molar-refractivity contribution >= 4 is 5.91 Å². The summed E-state index contributed by atoms with van der Waals surface area (Å²) < 4.78 is 5.36. The third-order valence-electron chi connectivity index (χ3n) is 3.62. The Balaban J connectivity index is 2.11. The van der Waals surface area contributed by atoms with Crippen LogP contribution in [0, 0.1) is 11.3 Å². The Morgan fingerprint density at radius 1 is 1.50 bits per heavy atom. The van der Waals surface area contributed by atoms with Crippen molar-refractivity contribution in [1.29, 1.82) is 0 Å². The molecule has 2 saturated heterocycles. The quantitative estimate of drug-likeness (QED) is 0.611. The summed E-state index contributed by atoms with van der Waals surface area (Å²) in [5, 5.41) is 6.09. The van der Waals surface area contributed by atoms with E-state index < -0.39 is 0 Å². The topological polar surface area (TPSA) is 50.4 Å². The lowest BCUT2D eigenvalue weighted by molar-refractivity contribution is -0.129. The molecule has 2 aliphatic rings. The average Bonchev–Trinajstić information content (AvgIpc) is 2.62. The Bertz CT molecular complexity index is 224. The number of rotatable bonds is 1. The second-order valence-electron chi connectivity index (χ2n) is 4.27. The summed E-state index contributed by atoms with van der Waals surface area (Å²) in [7, 11) is 1.72. The fourth-order valence-corrected chi connectivity index (χ4v) is 2.65. The van der Waals surface area contributed by atoms with E-state index in [1.165, 1.54) is 0 Å².